The lowest BCUT2D eigenvalue weighted by Crippen LogP contribution is -2.39. The first-order valence-corrected chi connectivity index (χ1v) is 12.8. The van der Waals surface area contributed by atoms with E-state index in [2.05, 4.69) is 22.4 Å². The minimum absolute atomic E-state index is 0.0557. The minimum atomic E-state index is -0.864. The van der Waals surface area contributed by atoms with Crippen molar-refractivity contribution in [2.45, 2.75) is 43.7 Å². The number of ether oxygens (including phenoxy) is 1. The molecule has 1 atom stereocenters. The van der Waals surface area contributed by atoms with Gasteiger partial charge in [-0.3, -0.25) is 4.79 Å². The van der Waals surface area contributed by atoms with Crippen LogP contribution in [0.15, 0.2) is 54.7 Å². The molecule has 3 aromatic rings. The zero-order chi connectivity index (χ0) is 26.4. The molecule has 1 aliphatic carbocycles. The molecule has 1 amide bonds. The van der Waals surface area contributed by atoms with Gasteiger partial charge in [0.05, 0.1) is 12.2 Å². The van der Waals surface area contributed by atoms with Gasteiger partial charge in [0.2, 0.25) is 0 Å². The van der Waals surface area contributed by atoms with Crippen molar-refractivity contribution in [3.8, 4) is 17.0 Å². The van der Waals surface area contributed by atoms with Gasteiger partial charge in [-0.2, -0.15) is 0 Å². The number of carbonyl (C=O) groups excluding carboxylic acids is 1. The molecular weight excluding hydrogens is 495 g/mol. The van der Waals surface area contributed by atoms with Crippen molar-refractivity contribution in [1.29, 1.82) is 0 Å². The van der Waals surface area contributed by atoms with Gasteiger partial charge in [0, 0.05) is 46.9 Å². The second-order valence-corrected chi connectivity index (χ2v) is 9.73. The molecule has 0 spiro atoms. The molecule has 2 aromatic carbocycles. The third-order valence-corrected chi connectivity index (χ3v) is 7.16. The van der Waals surface area contributed by atoms with Crippen LogP contribution >= 0.6 is 11.6 Å². The number of nitrogens with zero attached hydrogens (tertiary/aromatic N) is 1. The van der Waals surface area contributed by atoms with Gasteiger partial charge in [-0.05, 0) is 48.9 Å². The molecular formula is C28H32ClFN4O3. The Hall–Kier alpha value is -3.04. The molecule has 0 aliphatic heterocycles. The number of nitrogens with two attached hydrogens (primary N) is 2. The number of pyridine rings is 1. The fraction of sp³-hybridized carbons (Fsp3) is 0.357. The number of hydrogen-bond donors (Lipinski definition) is 4. The Bertz CT molecular complexity index is 1220. The van der Waals surface area contributed by atoms with Crippen LogP contribution in [0.4, 0.5) is 4.39 Å². The number of halogens is 2. The molecule has 4 rings (SSSR count). The lowest BCUT2D eigenvalue weighted by Gasteiger charge is -2.29. The van der Waals surface area contributed by atoms with Crippen LogP contribution in [0.3, 0.4) is 0 Å². The van der Waals surface area contributed by atoms with E-state index in [1.807, 2.05) is 24.3 Å². The molecule has 7 nitrogen and oxygen atoms in total. The van der Waals surface area contributed by atoms with Crippen LogP contribution in [0.2, 0.25) is 5.02 Å². The Kier molecular flexibility index (Phi) is 9.10. The Labute approximate surface area is 221 Å². The second-order valence-electron chi connectivity index (χ2n) is 9.32. The van der Waals surface area contributed by atoms with Crippen LogP contribution in [0.1, 0.15) is 53.1 Å². The highest BCUT2D eigenvalue weighted by atomic mass is 35.5. The SMILES string of the molecule is NC(=O)c1cnc(OCCO)c(F)c1-c1cc(C(CNC2CCC(N)CC2)c2ccccc2)ccc1Cl. The third kappa shape index (κ3) is 6.45. The van der Waals surface area contributed by atoms with Crippen LogP contribution in [0, 0.1) is 5.82 Å². The predicted molar refractivity (Wildman–Crippen MR) is 142 cm³/mol. The maximum Gasteiger partial charge on any atom is 0.251 e. The summed E-state index contributed by atoms with van der Waals surface area (Å²) in [4.78, 5) is 16.1. The van der Waals surface area contributed by atoms with Crippen molar-refractivity contribution in [2.75, 3.05) is 19.8 Å². The highest BCUT2D eigenvalue weighted by molar-refractivity contribution is 6.33. The van der Waals surface area contributed by atoms with Crippen molar-refractivity contribution in [3.05, 3.63) is 82.3 Å². The fourth-order valence-corrected chi connectivity index (χ4v) is 5.05. The fourth-order valence-electron chi connectivity index (χ4n) is 4.84. The molecule has 1 aliphatic rings. The quantitative estimate of drug-likeness (QED) is 0.316. The summed E-state index contributed by atoms with van der Waals surface area (Å²) < 4.78 is 20.8. The van der Waals surface area contributed by atoms with Gasteiger partial charge < -0.3 is 26.6 Å². The highest BCUT2D eigenvalue weighted by Crippen LogP contribution is 2.38. The minimum Gasteiger partial charge on any atom is -0.473 e. The van der Waals surface area contributed by atoms with E-state index in [9.17, 15) is 4.79 Å². The van der Waals surface area contributed by atoms with E-state index in [4.69, 9.17) is 32.9 Å². The normalized spacial score (nSPS) is 18.4. The van der Waals surface area contributed by atoms with Gasteiger partial charge in [-0.25, -0.2) is 9.37 Å². The van der Waals surface area contributed by atoms with Crippen LogP contribution in [0.5, 0.6) is 5.88 Å². The largest absolute Gasteiger partial charge is 0.473 e. The Morgan fingerprint density at radius 2 is 1.89 bits per heavy atom. The Morgan fingerprint density at radius 1 is 1.16 bits per heavy atom. The number of nitrogens with one attached hydrogen (secondary N) is 1. The average Bonchev–Trinajstić information content (AvgIpc) is 2.90. The van der Waals surface area contributed by atoms with E-state index < -0.39 is 11.7 Å². The molecule has 1 fully saturated rings. The van der Waals surface area contributed by atoms with E-state index in [1.165, 1.54) is 6.20 Å². The van der Waals surface area contributed by atoms with Crippen LogP contribution < -0.4 is 21.5 Å². The number of rotatable bonds is 10. The van der Waals surface area contributed by atoms with E-state index >= 15 is 4.39 Å². The van der Waals surface area contributed by atoms with E-state index in [0.717, 1.165) is 36.8 Å². The molecule has 196 valence electrons. The molecule has 0 bridgehead atoms. The van der Waals surface area contributed by atoms with Crippen LogP contribution in [-0.2, 0) is 0 Å². The summed E-state index contributed by atoms with van der Waals surface area (Å²) in [5.41, 5.74) is 13.7. The lowest BCUT2D eigenvalue weighted by molar-refractivity contribution is 0.1000. The lowest BCUT2D eigenvalue weighted by atomic mass is 9.87. The van der Waals surface area contributed by atoms with Gasteiger partial charge in [0.25, 0.3) is 11.8 Å². The second kappa shape index (κ2) is 12.5. The molecule has 37 heavy (non-hydrogen) atoms. The van der Waals surface area contributed by atoms with E-state index in [1.54, 1.807) is 12.1 Å². The van der Waals surface area contributed by atoms with Gasteiger partial charge in [-0.1, -0.05) is 48.0 Å². The number of amides is 1. The topological polar surface area (TPSA) is 123 Å². The van der Waals surface area contributed by atoms with Gasteiger partial charge in [-0.15, -0.1) is 0 Å². The smallest absolute Gasteiger partial charge is 0.251 e. The zero-order valence-electron chi connectivity index (χ0n) is 20.5. The maximum atomic E-state index is 15.6. The summed E-state index contributed by atoms with van der Waals surface area (Å²) in [7, 11) is 0. The standard InChI is InChI=1S/C28H32ClFN4O3/c29-24-11-6-18(14-21(24)25-23(27(32)36)16-34-28(26(25)30)37-13-12-35)22(17-4-2-1-3-5-17)15-33-20-9-7-19(31)8-10-20/h1-6,11,14,16,19-20,22,33,35H,7-10,12-13,15,31H2,(H2,32,36). The molecule has 1 heterocycles. The van der Waals surface area contributed by atoms with E-state index in [-0.39, 0.29) is 47.2 Å². The first-order valence-electron chi connectivity index (χ1n) is 12.4. The first kappa shape index (κ1) is 27.0. The van der Waals surface area contributed by atoms with E-state index in [0.29, 0.717) is 18.2 Å². The Balaban J connectivity index is 1.74. The Morgan fingerprint density at radius 3 is 2.57 bits per heavy atom. The summed E-state index contributed by atoms with van der Waals surface area (Å²) in [6.07, 6.45) is 5.21. The molecule has 0 saturated heterocycles. The van der Waals surface area contributed by atoms with Crippen molar-refractivity contribution >= 4 is 17.5 Å². The summed E-state index contributed by atoms with van der Waals surface area (Å²) >= 11 is 6.55. The van der Waals surface area contributed by atoms with Gasteiger partial charge in [0.1, 0.15) is 6.61 Å². The zero-order valence-corrected chi connectivity index (χ0v) is 21.3. The summed E-state index contributed by atoms with van der Waals surface area (Å²) in [5.74, 6) is -2.10. The summed E-state index contributed by atoms with van der Waals surface area (Å²) in [5, 5.41) is 13.0. The van der Waals surface area contributed by atoms with Crippen molar-refractivity contribution in [1.82, 2.24) is 10.3 Å². The number of primary amides is 1. The summed E-state index contributed by atoms with van der Waals surface area (Å²) in [6, 6.07) is 16.1. The van der Waals surface area contributed by atoms with Crippen LogP contribution in [0.25, 0.3) is 11.1 Å². The predicted octanol–water partition coefficient (Wildman–Crippen LogP) is 4.00. The molecule has 1 saturated carbocycles. The number of benzene rings is 2. The number of aliphatic hydroxyl groups excluding tert-OH is 1. The summed E-state index contributed by atoms with van der Waals surface area (Å²) in [6.45, 7) is 0.196. The molecule has 0 radical (unpaired) electrons. The van der Waals surface area contributed by atoms with Gasteiger partial charge >= 0.3 is 0 Å². The molecule has 1 aromatic heterocycles. The first-order chi connectivity index (χ1) is 17.9. The van der Waals surface area contributed by atoms with Gasteiger partial charge in [0.15, 0.2) is 5.82 Å². The van der Waals surface area contributed by atoms with Crippen molar-refractivity contribution < 1.29 is 19.0 Å². The maximum absolute atomic E-state index is 15.6. The van der Waals surface area contributed by atoms with Crippen LogP contribution in [-0.4, -0.2) is 47.8 Å². The monoisotopic (exact) mass is 526 g/mol. The number of aliphatic hydroxyl groups is 1. The molecule has 9 heteroatoms. The highest BCUT2D eigenvalue weighted by Gasteiger charge is 2.25. The molecule has 6 N–H and O–H groups in total. The number of carbonyl (C=O) groups is 1. The van der Waals surface area contributed by atoms with Crippen molar-refractivity contribution in [3.63, 3.8) is 0 Å². The van der Waals surface area contributed by atoms with Crippen molar-refractivity contribution in [2.24, 2.45) is 11.5 Å². The average molecular weight is 527 g/mol. The number of hydrogen-bond acceptors (Lipinski definition) is 6. The number of aromatic nitrogens is 1. The third-order valence-electron chi connectivity index (χ3n) is 6.83. The molecule has 1 unspecified atom stereocenters.